The maximum atomic E-state index is 10.9. The van der Waals surface area contributed by atoms with Gasteiger partial charge in [-0.2, -0.15) is 0 Å². The molecule has 17 heavy (non-hydrogen) atoms. The number of rotatable bonds is 5. The van der Waals surface area contributed by atoms with E-state index in [4.69, 9.17) is 15.6 Å². The summed E-state index contributed by atoms with van der Waals surface area (Å²) < 4.78 is 5.52. The van der Waals surface area contributed by atoms with Crippen LogP contribution in [0.1, 0.15) is 37.4 Å². The minimum atomic E-state index is -0.954. The number of hydrogen-bond acceptors (Lipinski definition) is 3. The number of aryl methyl sites for hydroxylation is 1. The van der Waals surface area contributed by atoms with Gasteiger partial charge in [-0.1, -0.05) is 19.1 Å². The molecule has 1 aromatic rings. The van der Waals surface area contributed by atoms with E-state index in [1.807, 2.05) is 32.0 Å². The van der Waals surface area contributed by atoms with Gasteiger partial charge in [-0.3, -0.25) is 0 Å². The number of carboxylic acids is 1. The first-order chi connectivity index (χ1) is 7.95. The zero-order chi connectivity index (χ0) is 13.0. The normalized spacial score (nSPS) is 14.1. The SMILES string of the molecule is CCC(Oc1cc(C)ccc1C(C)N)C(=O)O. The molecule has 0 aliphatic heterocycles. The average Bonchev–Trinajstić information content (AvgIpc) is 2.25. The van der Waals surface area contributed by atoms with Crippen LogP contribution in [0.4, 0.5) is 0 Å². The molecule has 2 atom stereocenters. The molecule has 1 rings (SSSR count). The van der Waals surface area contributed by atoms with E-state index >= 15 is 0 Å². The quantitative estimate of drug-likeness (QED) is 0.823. The van der Waals surface area contributed by atoms with Crippen LogP contribution in [0.15, 0.2) is 18.2 Å². The van der Waals surface area contributed by atoms with Crippen LogP contribution in [0, 0.1) is 6.92 Å². The van der Waals surface area contributed by atoms with Crippen LogP contribution >= 0.6 is 0 Å². The van der Waals surface area contributed by atoms with E-state index in [1.54, 1.807) is 6.92 Å². The second-order valence-electron chi connectivity index (χ2n) is 4.18. The predicted octanol–water partition coefficient (Wildman–Crippen LogP) is 2.26. The van der Waals surface area contributed by atoms with Crippen molar-refractivity contribution in [2.24, 2.45) is 5.73 Å². The van der Waals surface area contributed by atoms with Crippen LogP contribution in [0.5, 0.6) is 5.75 Å². The highest BCUT2D eigenvalue weighted by atomic mass is 16.5. The van der Waals surface area contributed by atoms with E-state index in [2.05, 4.69) is 0 Å². The van der Waals surface area contributed by atoms with Gasteiger partial charge in [-0.25, -0.2) is 4.79 Å². The molecule has 0 aromatic heterocycles. The number of carbonyl (C=O) groups is 1. The Morgan fingerprint density at radius 2 is 2.18 bits per heavy atom. The lowest BCUT2D eigenvalue weighted by molar-refractivity contribution is -0.145. The van der Waals surface area contributed by atoms with Crippen molar-refractivity contribution >= 4 is 5.97 Å². The maximum Gasteiger partial charge on any atom is 0.344 e. The van der Waals surface area contributed by atoms with Crippen molar-refractivity contribution in [1.29, 1.82) is 0 Å². The third kappa shape index (κ3) is 3.46. The molecular weight excluding hydrogens is 218 g/mol. The van der Waals surface area contributed by atoms with E-state index < -0.39 is 12.1 Å². The molecule has 0 bridgehead atoms. The number of benzene rings is 1. The van der Waals surface area contributed by atoms with E-state index in [1.165, 1.54) is 0 Å². The number of nitrogens with two attached hydrogens (primary N) is 1. The highest BCUT2D eigenvalue weighted by Crippen LogP contribution is 2.26. The Balaban J connectivity index is 3.02. The van der Waals surface area contributed by atoms with Crippen molar-refractivity contribution in [2.45, 2.75) is 39.3 Å². The topological polar surface area (TPSA) is 72.5 Å². The molecule has 2 unspecified atom stereocenters. The van der Waals surface area contributed by atoms with Crippen LogP contribution in [0.25, 0.3) is 0 Å². The first-order valence-corrected chi connectivity index (χ1v) is 5.71. The lowest BCUT2D eigenvalue weighted by Crippen LogP contribution is -2.26. The molecule has 4 nitrogen and oxygen atoms in total. The van der Waals surface area contributed by atoms with E-state index in [-0.39, 0.29) is 6.04 Å². The molecule has 94 valence electrons. The van der Waals surface area contributed by atoms with Gasteiger partial charge in [0.1, 0.15) is 5.75 Å². The molecule has 3 N–H and O–H groups in total. The monoisotopic (exact) mass is 237 g/mol. The van der Waals surface area contributed by atoms with Gasteiger partial charge in [0.25, 0.3) is 0 Å². The van der Waals surface area contributed by atoms with Gasteiger partial charge in [0.15, 0.2) is 6.10 Å². The molecule has 0 fully saturated rings. The molecule has 0 amide bonds. The fraction of sp³-hybridized carbons (Fsp3) is 0.462. The Hall–Kier alpha value is -1.55. The van der Waals surface area contributed by atoms with Gasteiger partial charge in [-0.15, -0.1) is 0 Å². The highest BCUT2D eigenvalue weighted by molar-refractivity contribution is 5.72. The smallest absolute Gasteiger partial charge is 0.344 e. The molecule has 1 aromatic carbocycles. The summed E-state index contributed by atoms with van der Waals surface area (Å²) in [5.74, 6) is -0.390. The molecule has 0 aliphatic carbocycles. The molecule has 0 radical (unpaired) electrons. The lowest BCUT2D eigenvalue weighted by Gasteiger charge is -2.18. The van der Waals surface area contributed by atoms with Gasteiger partial charge in [-0.05, 0) is 31.9 Å². The van der Waals surface area contributed by atoms with Gasteiger partial charge in [0.05, 0.1) is 0 Å². The van der Waals surface area contributed by atoms with Gasteiger partial charge < -0.3 is 15.6 Å². The van der Waals surface area contributed by atoms with Crippen molar-refractivity contribution in [3.8, 4) is 5.75 Å². The molecule has 0 heterocycles. The molecule has 4 heteroatoms. The Bertz CT molecular complexity index is 402. The van der Waals surface area contributed by atoms with Crippen LogP contribution in [0.2, 0.25) is 0 Å². The Labute approximate surface area is 101 Å². The van der Waals surface area contributed by atoms with E-state index in [0.29, 0.717) is 12.2 Å². The molecule has 0 saturated carbocycles. The predicted molar refractivity (Wildman–Crippen MR) is 66.1 cm³/mol. The Morgan fingerprint density at radius 1 is 1.53 bits per heavy atom. The standard InChI is InChI=1S/C13H19NO3/c1-4-11(13(15)16)17-12-7-8(2)5-6-10(12)9(3)14/h5-7,9,11H,4,14H2,1-3H3,(H,15,16). The second-order valence-corrected chi connectivity index (χ2v) is 4.18. The first kappa shape index (κ1) is 13.5. The molecule has 0 saturated heterocycles. The van der Waals surface area contributed by atoms with Gasteiger partial charge in [0, 0.05) is 11.6 Å². The van der Waals surface area contributed by atoms with Crippen LogP contribution < -0.4 is 10.5 Å². The lowest BCUT2D eigenvalue weighted by atomic mass is 10.1. The zero-order valence-corrected chi connectivity index (χ0v) is 10.4. The number of hydrogen-bond donors (Lipinski definition) is 2. The maximum absolute atomic E-state index is 10.9. The van der Waals surface area contributed by atoms with Crippen molar-refractivity contribution in [3.63, 3.8) is 0 Å². The summed E-state index contributed by atoms with van der Waals surface area (Å²) in [6.07, 6.45) is -0.406. The minimum Gasteiger partial charge on any atom is -0.479 e. The van der Waals surface area contributed by atoms with Crippen molar-refractivity contribution in [3.05, 3.63) is 29.3 Å². The van der Waals surface area contributed by atoms with Crippen molar-refractivity contribution in [1.82, 2.24) is 0 Å². The third-order valence-electron chi connectivity index (χ3n) is 2.58. The summed E-state index contributed by atoms with van der Waals surface area (Å²) in [7, 11) is 0. The molecule has 0 aliphatic rings. The van der Waals surface area contributed by atoms with Crippen LogP contribution in [0.3, 0.4) is 0 Å². The average molecular weight is 237 g/mol. The fourth-order valence-electron chi connectivity index (χ4n) is 1.58. The van der Waals surface area contributed by atoms with Crippen LogP contribution in [-0.4, -0.2) is 17.2 Å². The number of carboxylic acid groups (broad SMARTS) is 1. The summed E-state index contributed by atoms with van der Waals surface area (Å²) in [5.41, 5.74) is 7.68. The third-order valence-corrected chi connectivity index (χ3v) is 2.58. The van der Waals surface area contributed by atoms with Crippen molar-refractivity contribution < 1.29 is 14.6 Å². The number of aliphatic carboxylic acids is 1. The summed E-state index contributed by atoms with van der Waals surface area (Å²) in [5, 5.41) is 8.98. The van der Waals surface area contributed by atoms with E-state index in [9.17, 15) is 4.79 Å². The fourth-order valence-corrected chi connectivity index (χ4v) is 1.58. The number of ether oxygens (including phenoxy) is 1. The van der Waals surface area contributed by atoms with Gasteiger partial charge >= 0.3 is 5.97 Å². The highest BCUT2D eigenvalue weighted by Gasteiger charge is 2.19. The van der Waals surface area contributed by atoms with Crippen molar-refractivity contribution in [2.75, 3.05) is 0 Å². The largest absolute Gasteiger partial charge is 0.479 e. The first-order valence-electron chi connectivity index (χ1n) is 5.71. The molecular formula is C13H19NO3. The summed E-state index contributed by atoms with van der Waals surface area (Å²) in [4.78, 5) is 10.9. The zero-order valence-electron chi connectivity index (χ0n) is 10.4. The van der Waals surface area contributed by atoms with Crippen LogP contribution in [-0.2, 0) is 4.79 Å². The molecule has 0 spiro atoms. The Morgan fingerprint density at radius 3 is 2.65 bits per heavy atom. The summed E-state index contributed by atoms with van der Waals surface area (Å²) in [6, 6.07) is 5.46. The van der Waals surface area contributed by atoms with E-state index in [0.717, 1.165) is 11.1 Å². The second kappa shape index (κ2) is 5.68. The van der Waals surface area contributed by atoms with Gasteiger partial charge in [0.2, 0.25) is 0 Å². The Kier molecular flexibility index (Phi) is 4.52. The summed E-state index contributed by atoms with van der Waals surface area (Å²) >= 11 is 0. The minimum absolute atomic E-state index is 0.183. The summed E-state index contributed by atoms with van der Waals surface area (Å²) in [6.45, 7) is 5.55.